The second-order valence-electron chi connectivity index (χ2n) is 32.4. The second kappa shape index (κ2) is 74.9. The fourth-order valence-corrected chi connectivity index (χ4v) is 15.4. The maximum atomic E-state index is 13.4. The van der Waals surface area contributed by atoms with E-state index in [0.29, 0.717) is 12.8 Å². The Morgan fingerprint density at radius 1 is 0.333 bits per heavy atom. The molecule has 0 aliphatic carbocycles. The Balaban J connectivity index is 1.55. The van der Waals surface area contributed by atoms with E-state index in [2.05, 4.69) is 43.5 Å². The third-order valence-corrected chi connectivity index (χ3v) is 22.5. The number of hydrogen-bond donors (Lipinski definition) is 9. The number of hydrogen-bond acceptors (Lipinski definition) is 13. The molecule has 9 N–H and O–H groups in total. The Morgan fingerprint density at radius 3 is 0.933 bits per heavy atom. The molecule has 2 rings (SSSR count). The van der Waals surface area contributed by atoms with Crippen LogP contribution >= 0.6 is 0 Å². The Labute approximate surface area is 646 Å². The molecule has 1 amide bonds. The standard InChI is InChI=1S/C91H173NO13/c1-3-5-7-9-11-13-15-17-19-21-23-25-27-29-31-33-35-36-37-38-39-40-41-42-43-44-45-47-49-51-53-55-57-59-61-63-65-67-69-71-73-75-83(96)92-79(78-102-90-88(101)86(99)89(82(77-94)104-90)105-91-87(100)85(98)84(97)81(76-93)103-91)80(95)74-72-70-68-66-64-62-60-58-56-54-52-50-48-46-34-32-30-28-26-24-22-20-18-16-14-12-10-8-6-4-2/h21,23,64,66,72,74,79-82,84-91,93-95,97-101H,3-20,22,24-63,65,67-71,73,75-78H2,1-2H3,(H,92,96)/b23-21-,66-64+,74-72+. The molecular weight excluding hydrogens is 1310 g/mol. The van der Waals surface area contributed by atoms with Gasteiger partial charge in [-0.15, -0.1) is 0 Å². The van der Waals surface area contributed by atoms with Gasteiger partial charge in [0, 0.05) is 6.42 Å². The van der Waals surface area contributed by atoms with Crippen LogP contribution in [0.25, 0.3) is 0 Å². The number of rotatable bonds is 79. The van der Waals surface area contributed by atoms with E-state index < -0.39 is 86.8 Å². The summed E-state index contributed by atoms with van der Waals surface area (Å²) in [5, 5.41) is 87.8. The molecule has 620 valence electrons. The van der Waals surface area contributed by atoms with Crippen LogP contribution in [0.5, 0.6) is 0 Å². The van der Waals surface area contributed by atoms with E-state index >= 15 is 0 Å². The van der Waals surface area contributed by atoms with Gasteiger partial charge in [-0.05, 0) is 57.8 Å². The molecule has 14 nitrogen and oxygen atoms in total. The highest BCUT2D eigenvalue weighted by Crippen LogP contribution is 2.31. The Morgan fingerprint density at radius 2 is 0.610 bits per heavy atom. The lowest BCUT2D eigenvalue weighted by atomic mass is 9.97. The molecule has 14 heteroatoms. The number of aliphatic hydroxyl groups excluding tert-OH is 8. The molecule has 2 fully saturated rings. The Kier molecular flexibility index (Phi) is 70.8. The maximum Gasteiger partial charge on any atom is 0.220 e. The molecule has 0 spiro atoms. The summed E-state index contributed by atoms with van der Waals surface area (Å²) in [4.78, 5) is 13.4. The van der Waals surface area contributed by atoms with Crippen molar-refractivity contribution in [1.29, 1.82) is 0 Å². The first-order valence-electron chi connectivity index (χ1n) is 45.7. The molecule has 2 aliphatic rings. The number of aliphatic hydroxyl groups is 8. The van der Waals surface area contributed by atoms with Gasteiger partial charge in [0.15, 0.2) is 12.6 Å². The topological polar surface area (TPSA) is 228 Å². The zero-order valence-corrected chi connectivity index (χ0v) is 68.5. The predicted octanol–water partition coefficient (Wildman–Crippen LogP) is 22.3. The highest BCUT2D eigenvalue weighted by atomic mass is 16.7. The van der Waals surface area contributed by atoms with Crippen molar-refractivity contribution in [2.45, 2.75) is 518 Å². The van der Waals surface area contributed by atoms with Gasteiger partial charge in [-0.1, -0.05) is 416 Å². The molecule has 0 saturated carbocycles. The number of amides is 1. The van der Waals surface area contributed by atoms with Gasteiger partial charge in [0.1, 0.15) is 48.8 Å². The summed E-state index contributed by atoms with van der Waals surface area (Å²) in [6, 6.07) is -0.932. The predicted molar refractivity (Wildman–Crippen MR) is 438 cm³/mol. The van der Waals surface area contributed by atoms with Crippen molar-refractivity contribution in [3.8, 4) is 0 Å². The summed E-state index contributed by atoms with van der Waals surface area (Å²) in [6.07, 6.45) is 84.3. The average molecular weight is 1490 g/mol. The van der Waals surface area contributed by atoms with Gasteiger partial charge in [-0.25, -0.2) is 0 Å². The number of unbranched alkanes of at least 4 members (excludes halogenated alkanes) is 62. The van der Waals surface area contributed by atoms with Crippen molar-refractivity contribution in [2.75, 3.05) is 19.8 Å². The minimum Gasteiger partial charge on any atom is -0.394 e. The van der Waals surface area contributed by atoms with Crippen molar-refractivity contribution in [3.05, 3.63) is 36.5 Å². The highest BCUT2D eigenvalue weighted by molar-refractivity contribution is 5.76. The van der Waals surface area contributed by atoms with Gasteiger partial charge in [0.2, 0.25) is 5.91 Å². The summed E-state index contributed by atoms with van der Waals surface area (Å²) < 4.78 is 22.9. The van der Waals surface area contributed by atoms with Gasteiger partial charge in [-0.3, -0.25) is 4.79 Å². The number of carbonyl (C=O) groups is 1. The quantitative estimate of drug-likeness (QED) is 0.0204. The summed E-state index contributed by atoms with van der Waals surface area (Å²) in [7, 11) is 0. The van der Waals surface area contributed by atoms with Crippen LogP contribution in [0.15, 0.2) is 36.5 Å². The van der Waals surface area contributed by atoms with Crippen LogP contribution < -0.4 is 5.32 Å². The van der Waals surface area contributed by atoms with Crippen LogP contribution in [-0.4, -0.2) is 140 Å². The molecule has 12 unspecified atom stereocenters. The normalized spacial score (nSPS) is 21.5. The second-order valence-corrected chi connectivity index (χ2v) is 32.4. The van der Waals surface area contributed by atoms with Gasteiger partial charge in [0.25, 0.3) is 0 Å². The van der Waals surface area contributed by atoms with E-state index in [-0.39, 0.29) is 18.9 Å². The lowest BCUT2D eigenvalue weighted by Gasteiger charge is -2.46. The molecule has 0 aromatic heterocycles. The number of allylic oxidation sites excluding steroid dienone is 5. The summed E-state index contributed by atoms with van der Waals surface area (Å²) in [6.45, 7) is 2.86. The van der Waals surface area contributed by atoms with Crippen LogP contribution in [0.3, 0.4) is 0 Å². The monoisotopic (exact) mass is 1490 g/mol. The van der Waals surface area contributed by atoms with E-state index in [1.165, 1.54) is 379 Å². The van der Waals surface area contributed by atoms with E-state index in [1.807, 2.05) is 6.08 Å². The lowest BCUT2D eigenvalue weighted by molar-refractivity contribution is -0.359. The Bertz CT molecular complexity index is 1900. The fraction of sp³-hybridized carbons (Fsp3) is 0.923. The van der Waals surface area contributed by atoms with E-state index in [1.54, 1.807) is 6.08 Å². The van der Waals surface area contributed by atoms with Gasteiger partial charge in [0.05, 0.1) is 32.0 Å². The molecule has 0 aromatic rings. The first-order valence-corrected chi connectivity index (χ1v) is 45.7. The van der Waals surface area contributed by atoms with Crippen LogP contribution in [0.1, 0.15) is 444 Å². The number of carbonyl (C=O) groups excluding carboxylic acids is 1. The van der Waals surface area contributed by atoms with Crippen LogP contribution in [-0.2, 0) is 23.7 Å². The third-order valence-electron chi connectivity index (χ3n) is 22.5. The van der Waals surface area contributed by atoms with Gasteiger partial charge < -0.3 is 65.1 Å². The van der Waals surface area contributed by atoms with Crippen molar-refractivity contribution in [2.24, 2.45) is 0 Å². The van der Waals surface area contributed by atoms with E-state index in [0.717, 1.165) is 32.1 Å². The lowest BCUT2D eigenvalue weighted by Crippen LogP contribution is -2.65. The molecule has 2 saturated heterocycles. The maximum absolute atomic E-state index is 13.4. The van der Waals surface area contributed by atoms with E-state index in [9.17, 15) is 45.6 Å². The molecule has 0 bridgehead atoms. The zero-order chi connectivity index (χ0) is 75.8. The zero-order valence-electron chi connectivity index (χ0n) is 68.5. The van der Waals surface area contributed by atoms with Gasteiger partial charge in [-0.2, -0.15) is 0 Å². The molecule has 2 heterocycles. The van der Waals surface area contributed by atoms with Crippen molar-refractivity contribution in [1.82, 2.24) is 5.32 Å². The van der Waals surface area contributed by atoms with Crippen LogP contribution in [0, 0.1) is 0 Å². The smallest absolute Gasteiger partial charge is 0.220 e. The molecule has 105 heavy (non-hydrogen) atoms. The van der Waals surface area contributed by atoms with Crippen LogP contribution in [0.4, 0.5) is 0 Å². The number of ether oxygens (including phenoxy) is 4. The molecule has 0 aromatic carbocycles. The molecular formula is C91H173NO13. The molecule has 12 atom stereocenters. The summed E-state index contributed by atoms with van der Waals surface area (Å²) >= 11 is 0. The summed E-state index contributed by atoms with van der Waals surface area (Å²) in [5.41, 5.74) is 0. The minimum atomic E-state index is -1.79. The van der Waals surface area contributed by atoms with Crippen molar-refractivity contribution >= 4 is 5.91 Å². The molecule has 0 radical (unpaired) electrons. The first-order chi connectivity index (χ1) is 51.6. The van der Waals surface area contributed by atoms with Crippen molar-refractivity contribution < 1.29 is 64.6 Å². The fourth-order valence-electron chi connectivity index (χ4n) is 15.4. The average Bonchev–Trinajstić information content (AvgIpc) is 0.769. The summed E-state index contributed by atoms with van der Waals surface area (Å²) in [5.74, 6) is -0.239. The first kappa shape index (κ1) is 99.3. The van der Waals surface area contributed by atoms with Crippen molar-refractivity contribution in [3.63, 3.8) is 0 Å². The minimum absolute atomic E-state index is 0.239. The van der Waals surface area contributed by atoms with Gasteiger partial charge >= 0.3 is 0 Å². The highest BCUT2D eigenvalue weighted by Gasteiger charge is 2.51. The van der Waals surface area contributed by atoms with E-state index in [4.69, 9.17) is 18.9 Å². The molecule has 2 aliphatic heterocycles. The SMILES string of the molecule is CCCCCCCCCC/C=C\CCCCCCCCCCCCCCCCCCCCCCCCCCCCCCCC(=O)NC(COC1OC(CO)C(OC2OC(CO)C(O)C(O)C2O)C(O)C1O)C(O)/C=C/CC/C=C/CCCCCCCCCCCCCCCCCCCCCCCCCC. The van der Waals surface area contributed by atoms with Crippen LogP contribution in [0.2, 0.25) is 0 Å². The number of nitrogens with one attached hydrogen (secondary N) is 1. The third kappa shape index (κ3) is 57.0. The largest absolute Gasteiger partial charge is 0.394 e. The Hall–Kier alpha value is -1.79.